The Kier molecular flexibility index (Phi) is 7.54. The number of imide groups is 1. The summed E-state index contributed by atoms with van der Waals surface area (Å²) in [4.78, 5) is 51.4. The largest absolute Gasteiger partial charge is 0.480 e. The molecule has 0 saturated carbocycles. The molecule has 1 aliphatic heterocycles. The number of aliphatic carboxylic acids is 1. The number of hydrogen-bond donors (Lipinski definition) is 2. The van der Waals surface area contributed by atoms with Crippen LogP contribution < -0.4 is 5.32 Å². The van der Waals surface area contributed by atoms with E-state index in [-0.39, 0.29) is 28.7 Å². The smallest absolute Gasteiger partial charge is 0.407 e. The quantitative estimate of drug-likeness (QED) is 0.407. The number of carboxylic acids is 1. The number of carbonyl (C=O) groups excluding carboxylic acids is 3. The van der Waals surface area contributed by atoms with Gasteiger partial charge >= 0.3 is 12.1 Å². The number of ether oxygens (including phenoxy) is 1. The second-order valence-electron chi connectivity index (χ2n) is 9.65. The van der Waals surface area contributed by atoms with Crippen molar-refractivity contribution in [3.63, 3.8) is 0 Å². The van der Waals surface area contributed by atoms with Crippen LogP contribution in [0.1, 0.15) is 52.3 Å². The Morgan fingerprint density at radius 2 is 1.54 bits per heavy atom. The fourth-order valence-electron chi connectivity index (χ4n) is 4.23. The Labute approximate surface area is 219 Å². The first-order valence-electron chi connectivity index (χ1n) is 11.8. The van der Waals surface area contributed by atoms with Crippen molar-refractivity contribution in [3.8, 4) is 0 Å². The maximum Gasteiger partial charge on any atom is 0.407 e. The van der Waals surface area contributed by atoms with Gasteiger partial charge in [0.2, 0.25) is 0 Å². The second-order valence-corrected chi connectivity index (χ2v) is 10.9. The molecule has 192 valence electrons. The van der Waals surface area contributed by atoms with E-state index in [1.54, 1.807) is 32.9 Å². The molecule has 3 aromatic carbocycles. The zero-order chi connectivity index (χ0) is 26.7. The van der Waals surface area contributed by atoms with Crippen LogP contribution in [0, 0.1) is 0 Å². The Balaban J connectivity index is 1.60. The van der Waals surface area contributed by atoms with Crippen molar-refractivity contribution < 1.29 is 29.0 Å². The van der Waals surface area contributed by atoms with E-state index < -0.39 is 35.5 Å². The summed E-state index contributed by atoms with van der Waals surface area (Å²) in [5.74, 6) is -2.59. The maximum atomic E-state index is 12.9. The topological polar surface area (TPSA) is 113 Å². The van der Waals surface area contributed by atoms with Crippen molar-refractivity contribution in [1.82, 2.24) is 10.2 Å². The van der Waals surface area contributed by atoms with Crippen molar-refractivity contribution in [2.24, 2.45) is 0 Å². The van der Waals surface area contributed by atoms with Gasteiger partial charge in [0.1, 0.15) is 11.6 Å². The van der Waals surface area contributed by atoms with Gasteiger partial charge in [-0.3, -0.25) is 14.5 Å². The van der Waals surface area contributed by atoms with Crippen LogP contribution in [0.2, 0.25) is 0 Å². The summed E-state index contributed by atoms with van der Waals surface area (Å²) in [6.45, 7) is 5.46. The Hall–Kier alpha value is -3.85. The molecule has 3 aromatic rings. The number of nitrogens with one attached hydrogen (secondary N) is 1. The van der Waals surface area contributed by atoms with Crippen LogP contribution in [-0.2, 0) is 9.53 Å². The average Bonchev–Trinajstić information content (AvgIpc) is 3.10. The van der Waals surface area contributed by atoms with Gasteiger partial charge in [0.05, 0.1) is 11.1 Å². The molecule has 0 radical (unpaired) electrons. The lowest BCUT2D eigenvalue weighted by molar-refractivity contribution is -0.140. The number of thioether (sulfide) groups is 1. The number of amides is 3. The maximum absolute atomic E-state index is 12.9. The summed E-state index contributed by atoms with van der Waals surface area (Å²) >= 11 is 1.26. The summed E-state index contributed by atoms with van der Waals surface area (Å²) in [5.41, 5.74) is 0.610. The van der Waals surface area contributed by atoms with Gasteiger partial charge in [-0.25, -0.2) is 9.59 Å². The third-order valence-electron chi connectivity index (χ3n) is 5.88. The highest BCUT2D eigenvalue weighted by Crippen LogP contribution is 2.35. The Morgan fingerprint density at radius 1 is 0.946 bits per heavy atom. The number of rotatable bonds is 8. The van der Waals surface area contributed by atoms with Crippen molar-refractivity contribution in [3.05, 3.63) is 83.4 Å². The zero-order valence-corrected chi connectivity index (χ0v) is 21.6. The normalized spacial score (nSPS) is 14.8. The first-order chi connectivity index (χ1) is 17.6. The number of carboxylic acid groups (broad SMARTS) is 1. The van der Waals surface area contributed by atoms with E-state index in [1.807, 2.05) is 42.5 Å². The highest BCUT2D eigenvalue weighted by molar-refractivity contribution is 7.99. The van der Waals surface area contributed by atoms with Gasteiger partial charge in [0.15, 0.2) is 0 Å². The molecular formula is C28H28N2O6S. The lowest BCUT2D eigenvalue weighted by atomic mass is 10.0. The van der Waals surface area contributed by atoms with Crippen LogP contribution in [0.15, 0.2) is 66.7 Å². The molecule has 4 rings (SSSR count). The molecule has 1 heterocycles. The first-order valence-corrected chi connectivity index (χ1v) is 12.9. The fraction of sp³-hybridized carbons (Fsp3) is 0.286. The number of carbonyl (C=O) groups is 4. The standard InChI is InChI=1S/C28H28N2O6S/c1-28(2,3)36-27(35)29-15-23(19-14-8-10-17-9-4-5-11-18(17)19)37-16-22(26(33)34)30-24(31)20-12-6-7-13-21(20)25(30)32/h4-14,22-23H,15-16H2,1-3H3,(H,29,35)(H,33,34)/t22-,23?/m0/s1. The van der Waals surface area contributed by atoms with E-state index in [2.05, 4.69) is 5.32 Å². The number of fused-ring (bicyclic) bond motifs is 2. The molecule has 2 atom stereocenters. The summed E-state index contributed by atoms with van der Waals surface area (Å²) < 4.78 is 5.37. The monoisotopic (exact) mass is 520 g/mol. The molecule has 1 aliphatic rings. The summed E-state index contributed by atoms with van der Waals surface area (Å²) in [5, 5.41) is 14.4. The number of hydrogen-bond acceptors (Lipinski definition) is 6. The summed E-state index contributed by atoms with van der Waals surface area (Å²) in [6.07, 6.45) is -0.589. The third-order valence-corrected chi connectivity index (χ3v) is 7.21. The van der Waals surface area contributed by atoms with Gasteiger partial charge in [0, 0.05) is 17.5 Å². The molecule has 8 nitrogen and oxygen atoms in total. The zero-order valence-electron chi connectivity index (χ0n) is 20.8. The molecule has 0 aromatic heterocycles. The van der Waals surface area contributed by atoms with Gasteiger partial charge in [-0.2, -0.15) is 0 Å². The van der Waals surface area contributed by atoms with Gasteiger partial charge in [-0.1, -0.05) is 54.6 Å². The molecule has 37 heavy (non-hydrogen) atoms. The van der Waals surface area contributed by atoms with Gasteiger partial charge in [-0.15, -0.1) is 11.8 Å². The third kappa shape index (κ3) is 5.77. The predicted molar refractivity (Wildman–Crippen MR) is 142 cm³/mol. The number of nitrogens with zero attached hydrogens (tertiary/aromatic N) is 1. The summed E-state index contributed by atoms with van der Waals surface area (Å²) in [6, 6.07) is 18.5. The molecule has 0 aliphatic carbocycles. The fourth-order valence-corrected chi connectivity index (χ4v) is 5.53. The Bertz CT molecular complexity index is 1330. The lowest BCUT2D eigenvalue weighted by Gasteiger charge is -2.26. The van der Waals surface area contributed by atoms with Crippen LogP contribution in [0.4, 0.5) is 4.79 Å². The Morgan fingerprint density at radius 3 is 2.16 bits per heavy atom. The van der Waals surface area contributed by atoms with Crippen LogP contribution >= 0.6 is 11.8 Å². The summed E-state index contributed by atoms with van der Waals surface area (Å²) in [7, 11) is 0. The van der Waals surface area contributed by atoms with E-state index in [9.17, 15) is 24.3 Å². The molecule has 0 saturated heterocycles. The van der Waals surface area contributed by atoms with E-state index in [4.69, 9.17) is 4.74 Å². The highest BCUT2D eigenvalue weighted by atomic mass is 32.2. The number of alkyl carbamates (subject to hydrolysis) is 1. The van der Waals surface area contributed by atoms with Crippen LogP contribution in [0.25, 0.3) is 10.8 Å². The minimum atomic E-state index is -1.38. The van der Waals surface area contributed by atoms with Crippen molar-refractivity contribution in [2.75, 3.05) is 12.3 Å². The van der Waals surface area contributed by atoms with Crippen molar-refractivity contribution >= 4 is 46.4 Å². The minimum Gasteiger partial charge on any atom is -0.480 e. The van der Waals surface area contributed by atoms with Crippen molar-refractivity contribution in [1.29, 1.82) is 0 Å². The highest BCUT2D eigenvalue weighted by Gasteiger charge is 2.43. The van der Waals surface area contributed by atoms with Crippen LogP contribution in [0.5, 0.6) is 0 Å². The van der Waals surface area contributed by atoms with Crippen molar-refractivity contribution in [2.45, 2.75) is 37.7 Å². The van der Waals surface area contributed by atoms with Gasteiger partial charge < -0.3 is 15.2 Å². The van der Waals surface area contributed by atoms with Gasteiger partial charge in [-0.05, 0) is 49.2 Å². The molecule has 1 unspecified atom stereocenters. The van der Waals surface area contributed by atoms with Crippen LogP contribution in [-0.4, -0.2) is 57.8 Å². The van der Waals surface area contributed by atoms with Crippen LogP contribution in [0.3, 0.4) is 0 Å². The average molecular weight is 521 g/mol. The molecule has 3 amide bonds. The lowest BCUT2D eigenvalue weighted by Crippen LogP contribution is -2.46. The van der Waals surface area contributed by atoms with Gasteiger partial charge in [0.25, 0.3) is 11.8 Å². The molecule has 0 fully saturated rings. The second kappa shape index (κ2) is 10.6. The van der Waals surface area contributed by atoms with E-state index in [1.165, 1.54) is 23.9 Å². The SMILES string of the molecule is CC(C)(C)OC(=O)NCC(SC[C@@H](C(=O)O)N1C(=O)c2ccccc2C1=O)c1cccc2ccccc12. The predicted octanol–water partition coefficient (Wildman–Crippen LogP) is 4.89. The molecule has 9 heteroatoms. The van der Waals surface area contributed by atoms with E-state index >= 15 is 0 Å². The van der Waals surface area contributed by atoms with E-state index in [0.717, 1.165) is 21.2 Å². The van der Waals surface area contributed by atoms with E-state index in [0.29, 0.717) is 0 Å². The number of benzene rings is 3. The molecule has 0 bridgehead atoms. The molecule has 0 spiro atoms. The molecule has 2 N–H and O–H groups in total. The first kappa shape index (κ1) is 26.2. The minimum absolute atomic E-state index is 0.0648. The molecular weight excluding hydrogens is 492 g/mol.